The SMILES string of the molecule is CCC(N)CC(=O)N(C)Cc1cccc(OC)c1OC. The molecule has 1 rings (SSSR count). The number of nitrogens with zero attached hydrogens (tertiary/aromatic N) is 1. The molecule has 0 spiro atoms. The summed E-state index contributed by atoms with van der Waals surface area (Å²) in [4.78, 5) is 13.7. The molecule has 5 heteroatoms. The Morgan fingerprint density at radius 3 is 2.60 bits per heavy atom. The zero-order chi connectivity index (χ0) is 15.1. The van der Waals surface area contributed by atoms with Crippen LogP contribution in [0.15, 0.2) is 18.2 Å². The highest BCUT2D eigenvalue weighted by Crippen LogP contribution is 2.31. The summed E-state index contributed by atoms with van der Waals surface area (Å²) in [5.41, 5.74) is 6.72. The second-order valence-electron chi connectivity index (χ2n) is 4.77. The van der Waals surface area contributed by atoms with Crippen LogP contribution in [0.3, 0.4) is 0 Å². The molecular weight excluding hydrogens is 256 g/mol. The zero-order valence-electron chi connectivity index (χ0n) is 12.7. The molecule has 2 N–H and O–H groups in total. The molecule has 0 aliphatic carbocycles. The number of rotatable bonds is 7. The van der Waals surface area contributed by atoms with E-state index in [1.807, 2.05) is 25.1 Å². The summed E-state index contributed by atoms with van der Waals surface area (Å²) >= 11 is 0. The molecule has 1 atom stereocenters. The molecule has 0 heterocycles. The first kappa shape index (κ1) is 16.3. The molecule has 20 heavy (non-hydrogen) atoms. The Kier molecular flexibility index (Phi) is 6.31. The topological polar surface area (TPSA) is 64.8 Å². The molecule has 1 aromatic rings. The summed E-state index contributed by atoms with van der Waals surface area (Å²) in [6.07, 6.45) is 1.15. The molecular formula is C15H24N2O3. The summed E-state index contributed by atoms with van der Waals surface area (Å²) in [6, 6.07) is 5.55. The smallest absolute Gasteiger partial charge is 0.224 e. The minimum atomic E-state index is -0.0860. The lowest BCUT2D eigenvalue weighted by atomic mass is 10.1. The number of amides is 1. The predicted molar refractivity (Wildman–Crippen MR) is 78.9 cm³/mol. The number of carbonyl (C=O) groups is 1. The van der Waals surface area contributed by atoms with Crippen molar-refractivity contribution in [2.45, 2.75) is 32.4 Å². The van der Waals surface area contributed by atoms with Crippen molar-refractivity contribution in [3.8, 4) is 11.5 Å². The van der Waals surface area contributed by atoms with Gasteiger partial charge in [0, 0.05) is 31.6 Å². The first-order valence-corrected chi connectivity index (χ1v) is 6.72. The van der Waals surface area contributed by atoms with Crippen molar-refractivity contribution in [1.82, 2.24) is 4.90 Å². The third-order valence-corrected chi connectivity index (χ3v) is 3.28. The van der Waals surface area contributed by atoms with Gasteiger partial charge in [-0.3, -0.25) is 4.79 Å². The van der Waals surface area contributed by atoms with Crippen molar-refractivity contribution in [3.05, 3.63) is 23.8 Å². The molecule has 112 valence electrons. The van der Waals surface area contributed by atoms with Crippen molar-refractivity contribution in [3.63, 3.8) is 0 Å². The van der Waals surface area contributed by atoms with E-state index >= 15 is 0 Å². The number of hydrogen-bond acceptors (Lipinski definition) is 4. The van der Waals surface area contributed by atoms with Gasteiger partial charge >= 0.3 is 0 Å². The van der Waals surface area contributed by atoms with Gasteiger partial charge in [-0.05, 0) is 12.5 Å². The van der Waals surface area contributed by atoms with Gasteiger partial charge in [0.25, 0.3) is 0 Å². The van der Waals surface area contributed by atoms with E-state index in [0.29, 0.717) is 24.5 Å². The van der Waals surface area contributed by atoms with Crippen molar-refractivity contribution in [2.75, 3.05) is 21.3 Å². The van der Waals surface area contributed by atoms with E-state index in [1.54, 1.807) is 26.2 Å². The number of methoxy groups -OCH3 is 2. The zero-order valence-corrected chi connectivity index (χ0v) is 12.7. The van der Waals surface area contributed by atoms with Gasteiger partial charge in [-0.25, -0.2) is 0 Å². The average molecular weight is 280 g/mol. The first-order valence-electron chi connectivity index (χ1n) is 6.72. The van der Waals surface area contributed by atoms with Gasteiger partial charge in [-0.2, -0.15) is 0 Å². The summed E-state index contributed by atoms with van der Waals surface area (Å²) in [6.45, 7) is 2.44. The lowest BCUT2D eigenvalue weighted by Gasteiger charge is -2.21. The van der Waals surface area contributed by atoms with E-state index in [1.165, 1.54) is 0 Å². The van der Waals surface area contributed by atoms with E-state index in [9.17, 15) is 4.79 Å². The lowest BCUT2D eigenvalue weighted by Crippen LogP contribution is -2.32. The molecule has 0 aromatic heterocycles. The summed E-state index contributed by atoms with van der Waals surface area (Å²) < 4.78 is 10.6. The molecule has 0 saturated carbocycles. The maximum Gasteiger partial charge on any atom is 0.224 e. The number of nitrogens with two attached hydrogens (primary N) is 1. The van der Waals surface area contributed by atoms with E-state index in [-0.39, 0.29) is 11.9 Å². The Hall–Kier alpha value is -1.75. The van der Waals surface area contributed by atoms with Crippen LogP contribution in [0.2, 0.25) is 0 Å². The largest absolute Gasteiger partial charge is 0.493 e. The normalized spacial score (nSPS) is 11.8. The number of para-hydroxylation sites is 1. The highest BCUT2D eigenvalue weighted by atomic mass is 16.5. The molecule has 0 aliphatic rings. The second kappa shape index (κ2) is 7.75. The Morgan fingerprint density at radius 2 is 2.05 bits per heavy atom. The minimum absolute atomic E-state index is 0.0317. The number of benzene rings is 1. The summed E-state index contributed by atoms with van der Waals surface area (Å²) in [5.74, 6) is 1.36. The molecule has 1 aromatic carbocycles. The minimum Gasteiger partial charge on any atom is -0.493 e. The number of carbonyl (C=O) groups excluding carboxylic acids is 1. The van der Waals surface area contributed by atoms with Crippen molar-refractivity contribution in [1.29, 1.82) is 0 Å². The second-order valence-corrected chi connectivity index (χ2v) is 4.77. The van der Waals surface area contributed by atoms with Gasteiger partial charge in [0.1, 0.15) is 0 Å². The highest BCUT2D eigenvalue weighted by molar-refractivity contribution is 5.76. The van der Waals surface area contributed by atoms with Crippen LogP contribution in [0.1, 0.15) is 25.3 Å². The quantitative estimate of drug-likeness (QED) is 0.827. The predicted octanol–water partition coefficient (Wildman–Crippen LogP) is 1.79. The number of ether oxygens (including phenoxy) is 2. The molecule has 0 fully saturated rings. The molecule has 1 amide bonds. The van der Waals surface area contributed by atoms with E-state index in [2.05, 4.69) is 0 Å². The molecule has 0 bridgehead atoms. The van der Waals surface area contributed by atoms with Crippen LogP contribution in [0.25, 0.3) is 0 Å². The van der Waals surface area contributed by atoms with E-state index < -0.39 is 0 Å². The van der Waals surface area contributed by atoms with E-state index in [4.69, 9.17) is 15.2 Å². The number of hydrogen-bond donors (Lipinski definition) is 1. The van der Waals surface area contributed by atoms with Crippen LogP contribution < -0.4 is 15.2 Å². The van der Waals surface area contributed by atoms with Crippen LogP contribution in [0, 0.1) is 0 Å². The van der Waals surface area contributed by atoms with Gasteiger partial charge in [-0.15, -0.1) is 0 Å². The maximum atomic E-state index is 12.0. The summed E-state index contributed by atoms with van der Waals surface area (Å²) in [5, 5.41) is 0. The van der Waals surface area contributed by atoms with Crippen molar-refractivity contribution < 1.29 is 14.3 Å². The monoisotopic (exact) mass is 280 g/mol. The maximum absolute atomic E-state index is 12.0. The fraction of sp³-hybridized carbons (Fsp3) is 0.533. The van der Waals surface area contributed by atoms with Crippen LogP contribution in [-0.2, 0) is 11.3 Å². The molecule has 0 saturated heterocycles. The molecule has 0 radical (unpaired) electrons. The highest BCUT2D eigenvalue weighted by Gasteiger charge is 2.16. The average Bonchev–Trinajstić information content (AvgIpc) is 2.46. The van der Waals surface area contributed by atoms with Gasteiger partial charge in [0.15, 0.2) is 11.5 Å². The third-order valence-electron chi connectivity index (χ3n) is 3.28. The van der Waals surface area contributed by atoms with Gasteiger partial charge < -0.3 is 20.1 Å². The fourth-order valence-corrected chi connectivity index (χ4v) is 1.95. The standard InChI is InChI=1S/C15H24N2O3/c1-5-12(16)9-14(18)17(2)10-11-7-6-8-13(19-3)15(11)20-4/h6-8,12H,5,9-10,16H2,1-4H3. The lowest BCUT2D eigenvalue weighted by molar-refractivity contribution is -0.130. The Morgan fingerprint density at radius 1 is 1.35 bits per heavy atom. The first-order chi connectivity index (χ1) is 9.53. The molecule has 5 nitrogen and oxygen atoms in total. The summed E-state index contributed by atoms with van der Waals surface area (Å²) in [7, 11) is 4.95. The molecule has 0 aliphatic heterocycles. The molecule has 1 unspecified atom stereocenters. The van der Waals surface area contributed by atoms with Crippen molar-refractivity contribution >= 4 is 5.91 Å². The van der Waals surface area contributed by atoms with Gasteiger partial charge in [-0.1, -0.05) is 19.1 Å². The van der Waals surface area contributed by atoms with Gasteiger partial charge in [0.2, 0.25) is 5.91 Å². The van der Waals surface area contributed by atoms with E-state index in [0.717, 1.165) is 12.0 Å². The Bertz CT molecular complexity index is 449. The van der Waals surface area contributed by atoms with Crippen LogP contribution in [0.4, 0.5) is 0 Å². The Labute approximate surface area is 120 Å². The van der Waals surface area contributed by atoms with Crippen molar-refractivity contribution in [2.24, 2.45) is 5.73 Å². The third kappa shape index (κ3) is 4.13. The van der Waals surface area contributed by atoms with Crippen LogP contribution in [0.5, 0.6) is 11.5 Å². The Balaban J connectivity index is 2.80. The van der Waals surface area contributed by atoms with Crippen LogP contribution >= 0.6 is 0 Å². The van der Waals surface area contributed by atoms with Gasteiger partial charge in [0.05, 0.1) is 14.2 Å². The van der Waals surface area contributed by atoms with Crippen LogP contribution in [-0.4, -0.2) is 38.1 Å². The fourth-order valence-electron chi connectivity index (χ4n) is 1.95.